The molecule has 26 heavy (non-hydrogen) atoms. The molecule has 0 saturated carbocycles. The van der Waals surface area contributed by atoms with E-state index in [4.69, 9.17) is 23.2 Å². The van der Waals surface area contributed by atoms with Crippen molar-refractivity contribution < 1.29 is 9.18 Å². The Morgan fingerprint density at radius 1 is 1.04 bits per heavy atom. The highest BCUT2D eigenvalue weighted by molar-refractivity contribution is 6.35. The van der Waals surface area contributed by atoms with Gasteiger partial charge in [0, 0.05) is 33.9 Å². The molecule has 0 atom stereocenters. The van der Waals surface area contributed by atoms with Crippen LogP contribution in [0.15, 0.2) is 54.9 Å². The highest BCUT2D eigenvalue weighted by atomic mass is 35.5. The molecule has 0 aliphatic rings. The van der Waals surface area contributed by atoms with Crippen LogP contribution in [0.5, 0.6) is 0 Å². The number of carbonyl (C=O) groups is 1. The van der Waals surface area contributed by atoms with Gasteiger partial charge in [-0.15, -0.1) is 0 Å². The van der Waals surface area contributed by atoms with Crippen LogP contribution in [0.2, 0.25) is 10.0 Å². The molecular formula is C18H13Cl2FN4O. The van der Waals surface area contributed by atoms with Crippen molar-refractivity contribution in [2.45, 2.75) is 6.54 Å². The minimum atomic E-state index is -0.445. The van der Waals surface area contributed by atoms with Gasteiger partial charge in [-0.05, 0) is 24.3 Å². The molecule has 0 aliphatic carbocycles. The lowest BCUT2D eigenvalue weighted by molar-refractivity contribution is 0.102. The Balaban J connectivity index is 1.70. The van der Waals surface area contributed by atoms with E-state index >= 15 is 0 Å². The SMILES string of the molecule is O=C(Nc1cc(Cl)cc(Cl)c1)c1cc(NCc2ccccc2F)ncn1. The lowest BCUT2D eigenvalue weighted by atomic mass is 10.2. The highest BCUT2D eigenvalue weighted by Gasteiger charge is 2.10. The number of benzene rings is 2. The van der Waals surface area contributed by atoms with E-state index in [1.54, 1.807) is 36.4 Å². The molecule has 8 heteroatoms. The predicted molar refractivity (Wildman–Crippen MR) is 100 cm³/mol. The fourth-order valence-electron chi connectivity index (χ4n) is 2.23. The molecule has 5 nitrogen and oxygen atoms in total. The van der Waals surface area contributed by atoms with Crippen LogP contribution < -0.4 is 10.6 Å². The molecule has 1 amide bonds. The third-order valence-electron chi connectivity index (χ3n) is 3.44. The molecule has 0 fully saturated rings. The van der Waals surface area contributed by atoms with Crippen LogP contribution >= 0.6 is 23.2 Å². The molecule has 0 bridgehead atoms. The Bertz CT molecular complexity index is 932. The Hall–Kier alpha value is -2.70. The summed E-state index contributed by atoms with van der Waals surface area (Å²) in [5.41, 5.74) is 1.09. The molecule has 1 aromatic heterocycles. The van der Waals surface area contributed by atoms with E-state index in [2.05, 4.69) is 20.6 Å². The van der Waals surface area contributed by atoms with Gasteiger partial charge >= 0.3 is 0 Å². The summed E-state index contributed by atoms with van der Waals surface area (Å²) in [6, 6.07) is 12.6. The molecule has 2 N–H and O–H groups in total. The number of amides is 1. The van der Waals surface area contributed by atoms with Crippen LogP contribution in [0.1, 0.15) is 16.1 Å². The second-order valence-corrected chi connectivity index (χ2v) is 6.22. The zero-order valence-electron chi connectivity index (χ0n) is 13.3. The Morgan fingerprint density at radius 3 is 2.50 bits per heavy atom. The first-order valence-electron chi connectivity index (χ1n) is 7.58. The van der Waals surface area contributed by atoms with Crippen molar-refractivity contribution in [2.75, 3.05) is 10.6 Å². The van der Waals surface area contributed by atoms with Gasteiger partial charge in [-0.25, -0.2) is 14.4 Å². The van der Waals surface area contributed by atoms with Gasteiger partial charge in [0.05, 0.1) is 0 Å². The molecule has 0 saturated heterocycles. The molecule has 0 aliphatic heterocycles. The van der Waals surface area contributed by atoms with Gasteiger partial charge in [0.15, 0.2) is 0 Å². The van der Waals surface area contributed by atoms with Crippen LogP contribution in [-0.4, -0.2) is 15.9 Å². The number of rotatable bonds is 5. The second-order valence-electron chi connectivity index (χ2n) is 5.35. The van der Waals surface area contributed by atoms with Gasteiger partial charge in [-0.2, -0.15) is 0 Å². The number of carbonyl (C=O) groups excluding carboxylic acids is 1. The van der Waals surface area contributed by atoms with Gasteiger partial charge in [0.2, 0.25) is 0 Å². The maximum absolute atomic E-state index is 13.6. The maximum Gasteiger partial charge on any atom is 0.274 e. The van der Waals surface area contributed by atoms with Crippen molar-refractivity contribution in [3.8, 4) is 0 Å². The van der Waals surface area contributed by atoms with Gasteiger partial charge in [0.1, 0.15) is 23.7 Å². The molecular weight excluding hydrogens is 378 g/mol. The van der Waals surface area contributed by atoms with Crippen LogP contribution in [0.3, 0.4) is 0 Å². The number of halogens is 3. The summed E-state index contributed by atoms with van der Waals surface area (Å²) >= 11 is 11.8. The number of hydrogen-bond donors (Lipinski definition) is 2. The van der Waals surface area contributed by atoms with Crippen molar-refractivity contribution in [3.05, 3.63) is 82.0 Å². The largest absolute Gasteiger partial charge is 0.366 e. The van der Waals surface area contributed by atoms with Gasteiger partial charge < -0.3 is 10.6 Å². The summed E-state index contributed by atoms with van der Waals surface area (Å²) in [5.74, 6) is -0.359. The smallest absolute Gasteiger partial charge is 0.274 e. The van der Waals surface area contributed by atoms with Gasteiger partial charge in [0.25, 0.3) is 5.91 Å². The first kappa shape index (κ1) is 18.1. The summed E-state index contributed by atoms with van der Waals surface area (Å²) in [7, 11) is 0. The topological polar surface area (TPSA) is 66.9 Å². The Kier molecular flexibility index (Phi) is 5.65. The molecule has 1 heterocycles. The van der Waals surface area contributed by atoms with Crippen molar-refractivity contribution in [1.82, 2.24) is 9.97 Å². The standard InChI is InChI=1S/C18H13Cl2FN4O/c19-12-5-13(20)7-14(6-12)25-18(26)16-8-17(24-10-23-16)22-9-11-3-1-2-4-15(11)21/h1-8,10H,9H2,(H,25,26)(H,22,23,24). The Morgan fingerprint density at radius 2 is 1.77 bits per heavy atom. The average Bonchev–Trinajstić information content (AvgIpc) is 2.60. The number of nitrogens with one attached hydrogen (secondary N) is 2. The van der Waals surface area contributed by atoms with E-state index < -0.39 is 5.91 Å². The number of hydrogen-bond acceptors (Lipinski definition) is 4. The van der Waals surface area contributed by atoms with E-state index in [0.717, 1.165) is 0 Å². The molecule has 3 rings (SSSR count). The summed E-state index contributed by atoms with van der Waals surface area (Å²) < 4.78 is 13.6. The molecule has 0 unspecified atom stereocenters. The second kappa shape index (κ2) is 8.12. The van der Waals surface area contributed by atoms with Gasteiger partial charge in [-0.3, -0.25) is 4.79 Å². The predicted octanol–water partition coefficient (Wildman–Crippen LogP) is 4.79. The molecule has 2 aromatic carbocycles. The highest BCUT2D eigenvalue weighted by Crippen LogP contribution is 2.23. The molecule has 0 spiro atoms. The summed E-state index contributed by atoms with van der Waals surface area (Å²) in [6.07, 6.45) is 1.25. The van der Waals surface area contributed by atoms with E-state index in [1.807, 2.05) is 0 Å². The lowest BCUT2D eigenvalue weighted by Crippen LogP contribution is -2.14. The molecule has 3 aromatic rings. The van der Waals surface area contributed by atoms with Crippen LogP contribution in [-0.2, 0) is 6.54 Å². The first-order valence-corrected chi connectivity index (χ1v) is 8.33. The fraction of sp³-hybridized carbons (Fsp3) is 0.0556. The van der Waals surface area contributed by atoms with Crippen molar-refractivity contribution in [1.29, 1.82) is 0 Å². The maximum atomic E-state index is 13.6. The summed E-state index contributed by atoms with van der Waals surface area (Å²) in [4.78, 5) is 20.3. The zero-order chi connectivity index (χ0) is 18.5. The van der Waals surface area contributed by atoms with Crippen molar-refractivity contribution in [3.63, 3.8) is 0 Å². The third kappa shape index (κ3) is 4.68. The quantitative estimate of drug-likeness (QED) is 0.657. The van der Waals surface area contributed by atoms with E-state index in [9.17, 15) is 9.18 Å². The number of anilines is 2. The van der Waals surface area contributed by atoms with Crippen LogP contribution in [0.25, 0.3) is 0 Å². The average molecular weight is 391 g/mol. The minimum Gasteiger partial charge on any atom is -0.366 e. The van der Waals surface area contributed by atoms with Gasteiger partial charge in [-0.1, -0.05) is 41.4 Å². The molecule has 132 valence electrons. The minimum absolute atomic E-state index is 0.145. The lowest BCUT2D eigenvalue weighted by Gasteiger charge is -2.09. The molecule has 0 radical (unpaired) electrons. The van der Waals surface area contributed by atoms with Crippen LogP contribution in [0, 0.1) is 5.82 Å². The number of nitrogens with zero attached hydrogens (tertiary/aromatic N) is 2. The van der Waals surface area contributed by atoms with E-state index in [1.165, 1.54) is 18.5 Å². The third-order valence-corrected chi connectivity index (χ3v) is 3.87. The van der Waals surface area contributed by atoms with Crippen LogP contribution in [0.4, 0.5) is 15.9 Å². The monoisotopic (exact) mass is 390 g/mol. The normalized spacial score (nSPS) is 10.4. The summed E-state index contributed by atoms with van der Waals surface area (Å²) in [5, 5.41) is 6.44. The Labute approximate surface area is 159 Å². The van der Waals surface area contributed by atoms with E-state index in [0.29, 0.717) is 27.1 Å². The van der Waals surface area contributed by atoms with E-state index in [-0.39, 0.29) is 18.1 Å². The van der Waals surface area contributed by atoms with Crippen molar-refractivity contribution >= 4 is 40.6 Å². The zero-order valence-corrected chi connectivity index (χ0v) is 14.9. The fourth-order valence-corrected chi connectivity index (χ4v) is 2.75. The number of aromatic nitrogens is 2. The summed E-state index contributed by atoms with van der Waals surface area (Å²) in [6.45, 7) is 0.231. The van der Waals surface area contributed by atoms with Crippen molar-refractivity contribution in [2.24, 2.45) is 0 Å². The first-order chi connectivity index (χ1) is 12.5.